The summed E-state index contributed by atoms with van der Waals surface area (Å²) in [5.41, 5.74) is 19.8. The van der Waals surface area contributed by atoms with Gasteiger partial charge < -0.3 is 9.80 Å². The molecule has 0 aliphatic heterocycles. The third kappa shape index (κ3) is 7.12. The van der Waals surface area contributed by atoms with Crippen LogP contribution in [0.4, 0.5) is 34.1 Å². The first-order valence-electron chi connectivity index (χ1n) is 18.1. The molecule has 0 N–H and O–H groups in total. The van der Waals surface area contributed by atoms with Gasteiger partial charge in [0.05, 0.1) is 11.4 Å². The van der Waals surface area contributed by atoms with Gasteiger partial charge in [0.1, 0.15) is 0 Å². The molecule has 0 saturated carbocycles. The van der Waals surface area contributed by atoms with E-state index in [0.717, 1.165) is 0 Å². The zero-order valence-corrected chi connectivity index (χ0v) is 31.6. The molecule has 50 heavy (non-hydrogen) atoms. The van der Waals surface area contributed by atoms with Gasteiger partial charge in [0.2, 0.25) is 0 Å². The maximum atomic E-state index is 2.42. The Kier molecular flexibility index (Phi) is 10.0. The molecule has 6 aromatic rings. The quantitative estimate of drug-likeness (QED) is 0.153. The van der Waals surface area contributed by atoms with Crippen LogP contribution in [-0.4, -0.2) is 0 Å². The summed E-state index contributed by atoms with van der Waals surface area (Å²) in [6, 6.07) is 45.4. The molecule has 0 fully saturated rings. The first-order valence-corrected chi connectivity index (χ1v) is 18.1. The summed E-state index contributed by atoms with van der Waals surface area (Å²) in [5.74, 6) is 0.986. The molecule has 254 valence electrons. The van der Waals surface area contributed by atoms with Crippen molar-refractivity contribution in [3.05, 3.63) is 166 Å². The number of rotatable bonds is 9. The van der Waals surface area contributed by atoms with Crippen LogP contribution in [0, 0.1) is 41.5 Å². The van der Waals surface area contributed by atoms with Crippen LogP contribution in [0.25, 0.3) is 11.1 Å². The topological polar surface area (TPSA) is 6.48 Å². The molecule has 2 nitrogen and oxygen atoms in total. The molecular weight excluding hydrogens is 605 g/mol. The molecule has 0 amide bonds. The molecular formula is C48H52N2. The first-order chi connectivity index (χ1) is 23.9. The molecule has 0 aromatic heterocycles. The summed E-state index contributed by atoms with van der Waals surface area (Å²) in [6.45, 7) is 22.3. The van der Waals surface area contributed by atoms with Gasteiger partial charge in [-0.2, -0.15) is 0 Å². The van der Waals surface area contributed by atoms with E-state index in [2.05, 4.69) is 200 Å². The average molecular weight is 657 g/mol. The fraction of sp³-hybridized carbons (Fsp3) is 0.250. The van der Waals surface area contributed by atoms with E-state index in [1.807, 2.05) is 0 Å². The Morgan fingerprint density at radius 1 is 0.340 bits per heavy atom. The lowest BCUT2D eigenvalue weighted by Gasteiger charge is -2.30. The second-order valence-electron chi connectivity index (χ2n) is 14.8. The Hall–Kier alpha value is -5.08. The van der Waals surface area contributed by atoms with Crippen LogP contribution in [-0.2, 0) is 0 Å². The SMILES string of the molecule is Cc1ccc(N(c2ccc(C(C)C)cc2)c2c(C)cc(-c3cc(C)c(N(c4ccc(C)cc4)c4ccc(C(C)C)cc4)c(C)c3)cc2C)cc1. The molecule has 0 spiro atoms. The van der Waals surface area contributed by atoms with Gasteiger partial charge >= 0.3 is 0 Å². The minimum atomic E-state index is 0.493. The molecule has 6 aromatic carbocycles. The minimum absolute atomic E-state index is 0.493. The van der Waals surface area contributed by atoms with Crippen LogP contribution in [0.5, 0.6) is 0 Å². The van der Waals surface area contributed by atoms with Gasteiger partial charge in [-0.1, -0.05) is 87.4 Å². The fourth-order valence-corrected chi connectivity index (χ4v) is 7.17. The predicted molar refractivity (Wildman–Crippen MR) is 218 cm³/mol. The van der Waals surface area contributed by atoms with Crippen LogP contribution in [0.15, 0.2) is 121 Å². The summed E-state index contributed by atoms with van der Waals surface area (Å²) in [6.07, 6.45) is 0. The highest BCUT2D eigenvalue weighted by Crippen LogP contribution is 2.44. The number of hydrogen-bond acceptors (Lipinski definition) is 2. The highest BCUT2D eigenvalue weighted by atomic mass is 15.2. The van der Waals surface area contributed by atoms with Gasteiger partial charge in [0.25, 0.3) is 0 Å². The van der Waals surface area contributed by atoms with Crippen molar-refractivity contribution in [3.8, 4) is 11.1 Å². The Balaban J connectivity index is 1.43. The zero-order valence-electron chi connectivity index (χ0n) is 31.6. The lowest BCUT2D eigenvalue weighted by Crippen LogP contribution is -2.14. The van der Waals surface area contributed by atoms with E-state index in [4.69, 9.17) is 0 Å². The van der Waals surface area contributed by atoms with Crippen molar-refractivity contribution < 1.29 is 0 Å². The van der Waals surface area contributed by atoms with Gasteiger partial charge in [-0.3, -0.25) is 0 Å². The van der Waals surface area contributed by atoms with Gasteiger partial charge in [-0.05, 0) is 171 Å². The zero-order chi connectivity index (χ0) is 35.7. The van der Waals surface area contributed by atoms with Crippen LogP contribution in [0.1, 0.15) is 84.0 Å². The van der Waals surface area contributed by atoms with Crippen LogP contribution in [0.3, 0.4) is 0 Å². The number of nitrogens with zero attached hydrogens (tertiary/aromatic N) is 2. The summed E-state index contributed by atoms with van der Waals surface area (Å²) in [5, 5.41) is 0. The monoisotopic (exact) mass is 656 g/mol. The highest BCUT2D eigenvalue weighted by molar-refractivity contribution is 5.86. The molecule has 0 saturated heterocycles. The minimum Gasteiger partial charge on any atom is -0.310 e. The van der Waals surface area contributed by atoms with Crippen molar-refractivity contribution in [1.82, 2.24) is 0 Å². The second kappa shape index (κ2) is 14.4. The van der Waals surface area contributed by atoms with Gasteiger partial charge in [-0.15, -0.1) is 0 Å². The van der Waals surface area contributed by atoms with Gasteiger partial charge in [0.15, 0.2) is 0 Å². The summed E-state index contributed by atoms with van der Waals surface area (Å²) in [4.78, 5) is 4.84. The molecule has 0 atom stereocenters. The van der Waals surface area contributed by atoms with Crippen LogP contribution < -0.4 is 9.80 Å². The molecule has 0 aliphatic carbocycles. The maximum absolute atomic E-state index is 2.42. The first kappa shape index (κ1) is 34.8. The van der Waals surface area contributed by atoms with E-state index in [1.165, 1.54) is 89.8 Å². The number of aryl methyl sites for hydroxylation is 6. The van der Waals surface area contributed by atoms with E-state index in [9.17, 15) is 0 Å². The molecule has 0 radical (unpaired) electrons. The predicted octanol–water partition coefficient (Wildman–Crippen LogP) is 14.4. The molecule has 2 heteroatoms. The third-order valence-corrected chi connectivity index (χ3v) is 9.98. The Labute approximate surface area is 301 Å². The lowest BCUT2D eigenvalue weighted by molar-refractivity contribution is 0.866. The standard InChI is InChI=1S/C48H52N2/c1-31(2)39-15-23-45(24-16-39)49(43-19-11-33(5)12-20-43)47-35(7)27-41(28-36(47)8)42-29-37(9)48(38(10)30-42)50(44-21-13-34(6)14-22-44)46-25-17-40(18-26-46)32(3)4/h11-32H,1-10H3. The van der Waals surface area contributed by atoms with E-state index >= 15 is 0 Å². The van der Waals surface area contributed by atoms with Crippen molar-refractivity contribution in [3.63, 3.8) is 0 Å². The molecule has 6 rings (SSSR count). The summed E-state index contributed by atoms with van der Waals surface area (Å²) in [7, 11) is 0. The largest absolute Gasteiger partial charge is 0.310 e. The van der Waals surface area contributed by atoms with Crippen molar-refractivity contribution in [1.29, 1.82) is 0 Å². The third-order valence-electron chi connectivity index (χ3n) is 9.98. The Bertz CT molecular complexity index is 1880. The number of hydrogen-bond donors (Lipinski definition) is 0. The number of anilines is 6. The summed E-state index contributed by atoms with van der Waals surface area (Å²) >= 11 is 0. The second-order valence-corrected chi connectivity index (χ2v) is 14.8. The fourth-order valence-electron chi connectivity index (χ4n) is 7.17. The van der Waals surface area contributed by atoms with Crippen molar-refractivity contribution in [2.24, 2.45) is 0 Å². The van der Waals surface area contributed by atoms with Crippen LogP contribution in [0.2, 0.25) is 0 Å². The van der Waals surface area contributed by atoms with E-state index in [1.54, 1.807) is 0 Å². The maximum Gasteiger partial charge on any atom is 0.0520 e. The average Bonchev–Trinajstić information content (AvgIpc) is 3.09. The molecule has 0 aliphatic rings. The van der Waals surface area contributed by atoms with Crippen molar-refractivity contribution >= 4 is 34.1 Å². The van der Waals surface area contributed by atoms with Crippen molar-refractivity contribution in [2.75, 3.05) is 9.80 Å². The Morgan fingerprint density at radius 2 is 0.580 bits per heavy atom. The summed E-state index contributed by atoms with van der Waals surface area (Å²) < 4.78 is 0. The van der Waals surface area contributed by atoms with Gasteiger partial charge in [0, 0.05) is 22.7 Å². The highest BCUT2D eigenvalue weighted by Gasteiger charge is 2.21. The molecule has 0 heterocycles. The van der Waals surface area contributed by atoms with Crippen molar-refractivity contribution in [2.45, 2.75) is 81.1 Å². The van der Waals surface area contributed by atoms with Crippen LogP contribution >= 0.6 is 0 Å². The number of benzene rings is 6. The smallest absolute Gasteiger partial charge is 0.0520 e. The van der Waals surface area contributed by atoms with Gasteiger partial charge in [-0.25, -0.2) is 0 Å². The van der Waals surface area contributed by atoms with E-state index in [0.29, 0.717) is 11.8 Å². The van der Waals surface area contributed by atoms with E-state index < -0.39 is 0 Å². The normalized spacial score (nSPS) is 11.4. The molecule has 0 bridgehead atoms. The van der Waals surface area contributed by atoms with E-state index in [-0.39, 0.29) is 0 Å². The lowest BCUT2D eigenvalue weighted by atomic mass is 9.93. The Morgan fingerprint density at radius 3 is 0.820 bits per heavy atom. The molecule has 0 unspecified atom stereocenters.